The lowest BCUT2D eigenvalue weighted by atomic mass is 10.0. The van der Waals surface area contributed by atoms with Crippen molar-refractivity contribution in [1.82, 2.24) is 5.16 Å². The van der Waals surface area contributed by atoms with Crippen molar-refractivity contribution in [3.63, 3.8) is 0 Å². The third-order valence-corrected chi connectivity index (χ3v) is 2.82. The quantitative estimate of drug-likeness (QED) is 0.778. The Bertz CT molecular complexity index is 687. The van der Waals surface area contributed by atoms with Gasteiger partial charge in [-0.2, -0.15) is 0 Å². The Kier molecular flexibility index (Phi) is 2.72. The molecule has 2 N–H and O–H groups in total. The minimum Gasteiger partial charge on any atom is -0.497 e. The first-order valence-electron chi connectivity index (χ1n) is 5.73. The molecule has 0 fully saturated rings. The summed E-state index contributed by atoms with van der Waals surface area (Å²) in [6, 6.07) is 11.1. The molecule has 3 rings (SSSR count). The van der Waals surface area contributed by atoms with Crippen molar-refractivity contribution in [2.45, 2.75) is 0 Å². The van der Waals surface area contributed by atoms with Crippen molar-refractivity contribution in [2.75, 3.05) is 12.8 Å². The predicted octanol–water partition coefficient (Wildman–Crippen LogP) is 3.19. The Hall–Kier alpha value is -2.69. The van der Waals surface area contributed by atoms with E-state index in [2.05, 4.69) is 5.16 Å². The number of hydrogen-bond donors (Lipinski definition) is 1. The molecule has 2 aromatic heterocycles. The number of rotatable bonds is 3. The summed E-state index contributed by atoms with van der Waals surface area (Å²) < 4.78 is 15.8. The summed E-state index contributed by atoms with van der Waals surface area (Å²) in [5, 5.41) is 3.81. The van der Waals surface area contributed by atoms with Gasteiger partial charge in [0.15, 0.2) is 11.6 Å². The van der Waals surface area contributed by atoms with Gasteiger partial charge < -0.3 is 19.4 Å². The van der Waals surface area contributed by atoms with Gasteiger partial charge in [-0.1, -0.05) is 17.3 Å². The first kappa shape index (κ1) is 11.4. The van der Waals surface area contributed by atoms with Crippen LogP contribution in [0.5, 0.6) is 5.75 Å². The van der Waals surface area contributed by atoms with Crippen LogP contribution < -0.4 is 10.5 Å². The monoisotopic (exact) mass is 256 g/mol. The highest BCUT2D eigenvalue weighted by atomic mass is 16.5. The molecule has 0 unspecified atom stereocenters. The molecule has 2 heterocycles. The van der Waals surface area contributed by atoms with Crippen LogP contribution in [0.25, 0.3) is 22.6 Å². The van der Waals surface area contributed by atoms with E-state index in [1.165, 1.54) is 0 Å². The van der Waals surface area contributed by atoms with Crippen molar-refractivity contribution < 1.29 is 13.7 Å². The van der Waals surface area contributed by atoms with Crippen molar-refractivity contribution in [3.05, 3.63) is 42.7 Å². The molecule has 0 saturated heterocycles. The second kappa shape index (κ2) is 4.53. The fraction of sp³-hybridized carbons (Fsp3) is 0.0714. The van der Waals surface area contributed by atoms with E-state index in [1.807, 2.05) is 24.3 Å². The number of ether oxygens (including phenoxy) is 1. The number of nitrogens with zero attached hydrogens (tertiary/aromatic N) is 1. The summed E-state index contributed by atoms with van der Waals surface area (Å²) in [6.07, 6.45) is 1.57. The van der Waals surface area contributed by atoms with Gasteiger partial charge >= 0.3 is 0 Å². The van der Waals surface area contributed by atoms with E-state index in [4.69, 9.17) is 19.4 Å². The van der Waals surface area contributed by atoms with Gasteiger partial charge in [-0.05, 0) is 29.8 Å². The summed E-state index contributed by atoms with van der Waals surface area (Å²) in [5.41, 5.74) is 7.45. The number of nitrogen functional groups attached to an aromatic ring is 1. The predicted molar refractivity (Wildman–Crippen MR) is 70.6 cm³/mol. The zero-order valence-corrected chi connectivity index (χ0v) is 10.3. The lowest BCUT2D eigenvalue weighted by molar-refractivity contribution is 0.415. The lowest BCUT2D eigenvalue weighted by Gasteiger charge is -2.04. The molecular weight excluding hydrogens is 244 g/mol. The summed E-state index contributed by atoms with van der Waals surface area (Å²) in [5.74, 6) is 2.15. The molecule has 96 valence electrons. The first-order valence-corrected chi connectivity index (χ1v) is 5.73. The molecule has 19 heavy (non-hydrogen) atoms. The molecule has 5 heteroatoms. The van der Waals surface area contributed by atoms with E-state index in [0.29, 0.717) is 22.9 Å². The highest BCUT2D eigenvalue weighted by molar-refractivity contribution is 5.85. The standard InChI is InChI=1S/C14H12N2O3/c1-17-10-5-2-4-9(8-10)12-13(19-16-14(12)15)11-6-3-7-18-11/h2-8H,1H3,(H2,15,16). The maximum Gasteiger partial charge on any atom is 0.212 e. The molecule has 0 spiro atoms. The van der Waals surface area contributed by atoms with E-state index in [-0.39, 0.29) is 0 Å². The Morgan fingerprint density at radius 2 is 2.11 bits per heavy atom. The minimum atomic E-state index is 0.319. The average molecular weight is 256 g/mol. The van der Waals surface area contributed by atoms with E-state index >= 15 is 0 Å². The van der Waals surface area contributed by atoms with Gasteiger partial charge in [0.05, 0.1) is 18.9 Å². The zero-order chi connectivity index (χ0) is 13.2. The average Bonchev–Trinajstić information content (AvgIpc) is 3.07. The van der Waals surface area contributed by atoms with Gasteiger partial charge in [0.2, 0.25) is 5.76 Å². The molecule has 0 saturated carbocycles. The van der Waals surface area contributed by atoms with Crippen molar-refractivity contribution >= 4 is 5.82 Å². The second-order valence-corrected chi connectivity index (χ2v) is 3.98. The molecule has 0 aliphatic heterocycles. The molecule has 1 aromatic carbocycles. The van der Waals surface area contributed by atoms with Crippen LogP contribution in [-0.2, 0) is 0 Å². The molecular formula is C14H12N2O3. The number of methoxy groups -OCH3 is 1. The van der Waals surface area contributed by atoms with Crippen LogP contribution in [-0.4, -0.2) is 12.3 Å². The van der Waals surface area contributed by atoms with Crippen molar-refractivity contribution in [1.29, 1.82) is 0 Å². The topological polar surface area (TPSA) is 74.4 Å². The van der Waals surface area contributed by atoms with Crippen LogP contribution in [0.3, 0.4) is 0 Å². The van der Waals surface area contributed by atoms with Gasteiger partial charge in [0.1, 0.15) is 5.75 Å². The number of aromatic nitrogens is 1. The van der Waals surface area contributed by atoms with Gasteiger partial charge in [0.25, 0.3) is 0 Å². The molecule has 5 nitrogen and oxygen atoms in total. The molecule has 3 aromatic rings. The highest BCUT2D eigenvalue weighted by Gasteiger charge is 2.19. The zero-order valence-electron chi connectivity index (χ0n) is 10.3. The van der Waals surface area contributed by atoms with Crippen LogP contribution in [0, 0.1) is 0 Å². The third kappa shape index (κ3) is 1.95. The summed E-state index contributed by atoms with van der Waals surface area (Å²) >= 11 is 0. The number of anilines is 1. The largest absolute Gasteiger partial charge is 0.497 e. The maximum atomic E-state index is 5.88. The second-order valence-electron chi connectivity index (χ2n) is 3.98. The van der Waals surface area contributed by atoms with Crippen LogP contribution in [0.4, 0.5) is 5.82 Å². The number of furan rings is 1. The van der Waals surface area contributed by atoms with Crippen molar-refractivity contribution in [2.24, 2.45) is 0 Å². The molecule has 0 bridgehead atoms. The lowest BCUT2D eigenvalue weighted by Crippen LogP contribution is -1.89. The Morgan fingerprint density at radius 1 is 1.21 bits per heavy atom. The number of nitrogens with two attached hydrogens (primary N) is 1. The van der Waals surface area contributed by atoms with E-state index < -0.39 is 0 Å². The first-order chi connectivity index (χ1) is 9.29. The van der Waals surface area contributed by atoms with Crippen LogP contribution in [0.2, 0.25) is 0 Å². The van der Waals surface area contributed by atoms with E-state index in [0.717, 1.165) is 11.3 Å². The van der Waals surface area contributed by atoms with Crippen LogP contribution in [0.15, 0.2) is 51.6 Å². The Morgan fingerprint density at radius 3 is 2.84 bits per heavy atom. The van der Waals surface area contributed by atoms with E-state index in [1.54, 1.807) is 25.5 Å². The molecule has 0 atom stereocenters. The summed E-state index contributed by atoms with van der Waals surface area (Å²) in [7, 11) is 1.61. The van der Waals surface area contributed by atoms with Gasteiger partial charge in [-0.25, -0.2) is 0 Å². The fourth-order valence-electron chi connectivity index (χ4n) is 1.94. The van der Waals surface area contributed by atoms with Crippen LogP contribution >= 0.6 is 0 Å². The maximum absolute atomic E-state index is 5.88. The Labute approximate surface area is 109 Å². The summed E-state index contributed by atoms with van der Waals surface area (Å²) in [4.78, 5) is 0. The Balaban J connectivity index is 2.16. The number of hydrogen-bond acceptors (Lipinski definition) is 5. The molecule has 0 aliphatic carbocycles. The normalized spacial score (nSPS) is 10.6. The van der Waals surface area contributed by atoms with Crippen molar-refractivity contribution in [3.8, 4) is 28.4 Å². The number of benzene rings is 1. The van der Waals surface area contributed by atoms with Gasteiger partial charge in [-0.15, -0.1) is 0 Å². The van der Waals surface area contributed by atoms with Gasteiger partial charge in [-0.3, -0.25) is 0 Å². The van der Waals surface area contributed by atoms with E-state index in [9.17, 15) is 0 Å². The molecule has 0 aliphatic rings. The minimum absolute atomic E-state index is 0.319. The summed E-state index contributed by atoms with van der Waals surface area (Å²) in [6.45, 7) is 0. The third-order valence-electron chi connectivity index (χ3n) is 2.82. The molecule has 0 radical (unpaired) electrons. The highest BCUT2D eigenvalue weighted by Crippen LogP contribution is 2.37. The smallest absolute Gasteiger partial charge is 0.212 e. The fourth-order valence-corrected chi connectivity index (χ4v) is 1.94. The molecule has 0 amide bonds. The van der Waals surface area contributed by atoms with Gasteiger partial charge in [0, 0.05) is 0 Å². The SMILES string of the molecule is COc1cccc(-c2c(N)noc2-c2ccco2)c1. The van der Waals surface area contributed by atoms with Crippen LogP contribution in [0.1, 0.15) is 0 Å².